The van der Waals surface area contributed by atoms with E-state index in [-0.39, 0.29) is 15.8 Å². The minimum Gasteiger partial charge on any atom is -0.495 e. The Morgan fingerprint density at radius 2 is 2.00 bits per heavy atom. The summed E-state index contributed by atoms with van der Waals surface area (Å²) in [5.74, 6) is 0.183. The maximum atomic E-state index is 12.3. The Kier molecular flexibility index (Phi) is 5.31. The van der Waals surface area contributed by atoms with Crippen LogP contribution in [0.4, 0.5) is 0 Å². The number of carbonyl (C=O) groups excluding carboxylic acids is 1. The highest BCUT2D eigenvalue weighted by atomic mass is 35.5. The third kappa shape index (κ3) is 3.71. The topological polar surface area (TPSA) is 75.7 Å². The van der Waals surface area contributed by atoms with E-state index in [0.717, 1.165) is 12.8 Å². The highest BCUT2D eigenvalue weighted by Gasteiger charge is 2.27. The monoisotopic (exact) mass is 346 g/mol. The molecule has 8 heteroatoms. The van der Waals surface area contributed by atoms with E-state index in [0.29, 0.717) is 18.8 Å². The van der Waals surface area contributed by atoms with Gasteiger partial charge in [0.05, 0.1) is 23.1 Å². The van der Waals surface area contributed by atoms with Gasteiger partial charge in [0, 0.05) is 13.1 Å². The number of likely N-dealkylation sites (tertiary alicyclic amines) is 1. The molecule has 0 radical (unpaired) electrons. The molecule has 1 aromatic carbocycles. The number of benzene rings is 1. The smallest absolute Gasteiger partial charge is 0.241 e. The second-order valence-corrected chi connectivity index (χ2v) is 7.29. The average molecular weight is 347 g/mol. The van der Waals surface area contributed by atoms with Crippen molar-refractivity contribution in [1.29, 1.82) is 0 Å². The van der Waals surface area contributed by atoms with E-state index >= 15 is 0 Å². The van der Waals surface area contributed by atoms with Crippen LogP contribution in [0, 0.1) is 0 Å². The molecular weight excluding hydrogens is 328 g/mol. The van der Waals surface area contributed by atoms with Gasteiger partial charge in [0.25, 0.3) is 0 Å². The summed E-state index contributed by atoms with van der Waals surface area (Å²) in [6, 6.07) is 3.35. The lowest BCUT2D eigenvalue weighted by atomic mass is 10.3. The number of sulfonamides is 1. The fraction of sp³-hybridized carbons (Fsp3) is 0.500. The number of nitrogens with zero attached hydrogens (tertiary/aromatic N) is 1. The van der Waals surface area contributed by atoms with Gasteiger partial charge in [-0.25, -0.2) is 8.42 Å². The molecule has 0 aromatic heterocycles. The predicted octanol–water partition coefficient (Wildman–Crippen LogP) is 1.64. The lowest BCUT2D eigenvalue weighted by Crippen LogP contribution is -2.45. The summed E-state index contributed by atoms with van der Waals surface area (Å²) in [6.07, 6.45) is 1.92. The first kappa shape index (κ1) is 17.1. The van der Waals surface area contributed by atoms with Crippen LogP contribution in [0.25, 0.3) is 0 Å². The number of methoxy groups -OCH3 is 1. The molecule has 1 aliphatic rings. The predicted molar refractivity (Wildman–Crippen MR) is 83.6 cm³/mol. The average Bonchev–Trinajstić information content (AvgIpc) is 3.00. The SMILES string of the molecule is COc1ccc(S(=O)(=O)N[C@H](C)C(=O)N2CCCC2)cc1Cl. The second kappa shape index (κ2) is 6.85. The maximum Gasteiger partial charge on any atom is 0.241 e. The van der Waals surface area contributed by atoms with E-state index in [9.17, 15) is 13.2 Å². The molecule has 1 saturated heterocycles. The zero-order valence-electron chi connectivity index (χ0n) is 12.5. The van der Waals surface area contributed by atoms with Crippen LogP contribution in [0.2, 0.25) is 5.02 Å². The van der Waals surface area contributed by atoms with Gasteiger partial charge in [-0.15, -0.1) is 0 Å². The van der Waals surface area contributed by atoms with Crippen LogP contribution in [0.1, 0.15) is 19.8 Å². The molecule has 6 nitrogen and oxygen atoms in total. The molecule has 2 rings (SSSR count). The van der Waals surface area contributed by atoms with Gasteiger partial charge in [0.1, 0.15) is 5.75 Å². The van der Waals surface area contributed by atoms with Gasteiger partial charge in [-0.1, -0.05) is 11.6 Å². The number of ether oxygens (including phenoxy) is 1. The van der Waals surface area contributed by atoms with E-state index in [1.54, 1.807) is 11.8 Å². The zero-order valence-corrected chi connectivity index (χ0v) is 14.1. The molecule has 1 aromatic rings. The Bertz CT molecular complexity index is 657. The van der Waals surface area contributed by atoms with E-state index in [4.69, 9.17) is 16.3 Å². The van der Waals surface area contributed by atoms with Gasteiger partial charge in [-0.2, -0.15) is 4.72 Å². The van der Waals surface area contributed by atoms with Crippen molar-refractivity contribution < 1.29 is 17.9 Å². The Labute approximate surface area is 135 Å². The minimum atomic E-state index is -3.82. The molecule has 0 saturated carbocycles. The van der Waals surface area contributed by atoms with Crippen molar-refractivity contribution in [3.05, 3.63) is 23.2 Å². The molecule has 0 aliphatic carbocycles. The van der Waals surface area contributed by atoms with Gasteiger partial charge in [-0.3, -0.25) is 4.79 Å². The lowest BCUT2D eigenvalue weighted by molar-refractivity contribution is -0.131. The lowest BCUT2D eigenvalue weighted by Gasteiger charge is -2.21. The molecule has 0 unspecified atom stereocenters. The van der Waals surface area contributed by atoms with Gasteiger partial charge in [-0.05, 0) is 38.0 Å². The summed E-state index contributed by atoms with van der Waals surface area (Å²) in [6.45, 7) is 2.90. The highest BCUT2D eigenvalue weighted by Crippen LogP contribution is 2.27. The summed E-state index contributed by atoms with van der Waals surface area (Å²) >= 11 is 5.95. The molecule has 1 aliphatic heterocycles. The fourth-order valence-electron chi connectivity index (χ4n) is 2.38. The molecule has 122 valence electrons. The summed E-state index contributed by atoms with van der Waals surface area (Å²) in [5, 5.41) is 0.198. The summed E-state index contributed by atoms with van der Waals surface area (Å²) in [7, 11) is -2.37. The molecular formula is C14H19ClN2O4S. The Hall–Kier alpha value is -1.31. The standard InChI is InChI=1S/C14H19ClN2O4S/c1-10(14(18)17-7-3-4-8-17)16-22(19,20)11-5-6-13(21-2)12(15)9-11/h5-6,9-10,16H,3-4,7-8H2,1-2H3/t10-/m1/s1. The second-order valence-electron chi connectivity index (χ2n) is 5.17. The number of rotatable bonds is 5. The van der Waals surface area contributed by atoms with Crippen molar-refractivity contribution in [2.75, 3.05) is 20.2 Å². The van der Waals surface area contributed by atoms with E-state index in [1.165, 1.54) is 25.3 Å². The normalized spacial score (nSPS) is 16.6. The van der Waals surface area contributed by atoms with Crippen LogP contribution in [0.15, 0.2) is 23.1 Å². The molecule has 1 amide bonds. The van der Waals surface area contributed by atoms with Gasteiger partial charge >= 0.3 is 0 Å². The highest BCUT2D eigenvalue weighted by molar-refractivity contribution is 7.89. The number of amides is 1. The van der Waals surface area contributed by atoms with Crippen LogP contribution >= 0.6 is 11.6 Å². The van der Waals surface area contributed by atoms with Crippen LogP contribution in [0.5, 0.6) is 5.75 Å². The van der Waals surface area contributed by atoms with Crippen molar-refractivity contribution in [2.24, 2.45) is 0 Å². The van der Waals surface area contributed by atoms with Crippen LogP contribution in [-0.4, -0.2) is 45.5 Å². The first-order chi connectivity index (χ1) is 10.3. The molecule has 1 heterocycles. The van der Waals surface area contributed by atoms with Crippen molar-refractivity contribution >= 4 is 27.5 Å². The molecule has 1 atom stereocenters. The van der Waals surface area contributed by atoms with Crippen molar-refractivity contribution in [1.82, 2.24) is 9.62 Å². The quantitative estimate of drug-likeness (QED) is 0.879. The molecule has 0 bridgehead atoms. The maximum absolute atomic E-state index is 12.3. The summed E-state index contributed by atoms with van der Waals surface area (Å²) < 4.78 is 32.1. The Morgan fingerprint density at radius 1 is 1.36 bits per heavy atom. The number of hydrogen-bond donors (Lipinski definition) is 1. The van der Waals surface area contributed by atoms with Gasteiger partial charge in [0.15, 0.2) is 0 Å². The van der Waals surface area contributed by atoms with Crippen LogP contribution in [0.3, 0.4) is 0 Å². The third-order valence-corrected chi connectivity index (χ3v) is 5.39. The number of nitrogens with one attached hydrogen (secondary N) is 1. The van der Waals surface area contributed by atoms with E-state index in [2.05, 4.69) is 4.72 Å². The first-order valence-corrected chi connectivity index (χ1v) is 8.86. The molecule has 0 spiro atoms. The summed E-state index contributed by atoms with van der Waals surface area (Å²) in [5.41, 5.74) is 0. The van der Waals surface area contributed by atoms with Crippen LogP contribution in [-0.2, 0) is 14.8 Å². The first-order valence-electron chi connectivity index (χ1n) is 7.00. The number of halogens is 1. The summed E-state index contributed by atoms with van der Waals surface area (Å²) in [4.78, 5) is 13.8. The van der Waals surface area contributed by atoms with Gasteiger partial charge in [0.2, 0.25) is 15.9 Å². The third-order valence-electron chi connectivity index (χ3n) is 3.55. The minimum absolute atomic E-state index is 0.000582. The molecule has 1 N–H and O–H groups in total. The zero-order chi connectivity index (χ0) is 16.3. The van der Waals surface area contributed by atoms with Gasteiger partial charge < -0.3 is 9.64 Å². The van der Waals surface area contributed by atoms with E-state index in [1.807, 2.05) is 0 Å². The fourth-order valence-corrected chi connectivity index (χ4v) is 3.92. The van der Waals surface area contributed by atoms with Crippen molar-refractivity contribution in [3.8, 4) is 5.75 Å². The van der Waals surface area contributed by atoms with Crippen molar-refractivity contribution in [2.45, 2.75) is 30.7 Å². The largest absolute Gasteiger partial charge is 0.495 e. The molecule has 1 fully saturated rings. The van der Waals surface area contributed by atoms with Crippen molar-refractivity contribution in [3.63, 3.8) is 0 Å². The van der Waals surface area contributed by atoms with Crippen LogP contribution < -0.4 is 9.46 Å². The number of hydrogen-bond acceptors (Lipinski definition) is 4. The Morgan fingerprint density at radius 3 is 2.55 bits per heavy atom. The van der Waals surface area contributed by atoms with E-state index < -0.39 is 16.1 Å². The Balaban J connectivity index is 2.13. The number of carbonyl (C=O) groups is 1. The molecule has 22 heavy (non-hydrogen) atoms.